The topological polar surface area (TPSA) is 46.2 Å². The van der Waals surface area contributed by atoms with Gasteiger partial charge in [-0.1, -0.05) is 29.3 Å². The van der Waals surface area contributed by atoms with Gasteiger partial charge in [0.05, 0.1) is 21.6 Å². The second-order valence-electron chi connectivity index (χ2n) is 5.43. The van der Waals surface area contributed by atoms with E-state index in [4.69, 9.17) is 23.2 Å². The fourth-order valence-corrected chi connectivity index (χ4v) is 5.07. The smallest absolute Gasteiger partial charge is 0.150 e. The van der Waals surface area contributed by atoms with E-state index in [-0.39, 0.29) is 5.92 Å². The Hall–Kier alpha value is -0.290. The van der Waals surface area contributed by atoms with Crippen LogP contribution in [0.3, 0.4) is 0 Å². The summed E-state index contributed by atoms with van der Waals surface area (Å²) in [6.07, 6.45) is 1.58. The van der Waals surface area contributed by atoms with Gasteiger partial charge in [-0.25, -0.2) is 8.42 Å². The highest BCUT2D eigenvalue weighted by molar-refractivity contribution is 7.91. The molecule has 1 fully saturated rings. The number of hydrogen-bond donors (Lipinski definition) is 1. The Balaban J connectivity index is 2.11. The molecule has 1 aromatic rings. The summed E-state index contributed by atoms with van der Waals surface area (Å²) in [5.74, 6) is 1.15. The van der Waals surface area contributed by atoms with Gasteiger partial charge < -0.3 is 5.32 Å². The summed E-state index contributed by atoms with van der Waals surface area (Å²) in [6, 6.07) is 5.62. The molecular weight excluding hydrogens is 317 g/mol. The van der Waals surface area contributed by atoms with Crippen LogP contribution >= 0.6 is 23.2 Å². The summed E-state index contributed by atoms with van der Waals surface area (Å²) >= 11 is 12.0. The van der Waals surface area contributed by atoms with Gasteiger partial charge in [-0.05, 0) is 56.0 Å². The van der Waals surface area contributed by atoms with Crippen LogP contribution < -0.4 is 5.32 Å². The van der Waals surface area contributed by atoms with Gasteiger partial charge in [0.1, 0.15) is 0 Å². The molecule has 1 aliphatic rings. The third-order valence-corrected chi connectivity index (χ3v) is 6.42. The van der Waals surface area contributed by atoms with E-state index in [0.717, 1.165) is 24.9 Å². The monoisotopic (exact) mass is 335 g/mol. The molecule has 2 unspecified atom stereocenters. The number of sulfone groups is 1. The van der Waals surface area contributed by atoms with Crippen LogP contribution in [0.5, 0.6) is 0 Å². The lowest BCUT2D eigenvalue weighted by Gasteiger charge is -2.22. The molecule has 112 valence electrons. The predicted octanol–water partition coefficient (Wildman–Crippen LogP) is 2.81. The van der Waals surface area contributed by atoms with Crippen LogP contribution in [0, 0.1) is 11.8 Å². The van der Waals surface area contributed by atoms with Gasteiger partial charge in [0.15, 0.2) is 9.84 Å². The Morgan fingerprint density at radius 3 is 2.65 bits per heavy atom. The molecule has 20 heavy (non-hydrogen) atoms. The van der Waals surface area contributed by atoms with Crippen molar-refractivity contribution < 1.29 is 8.42 Å². The number of benzene rings is 1. The van der Waals surface area contributed by atoms with Crippen LogP contribution in [0.4, 0.5) is 0 Å². The minimum atomic E-state index is -2.84. The van der Waals surface area contributed by atoms with Gasteiger partial charge in [0.2, 0.25) is 0 Å². The first-order valence-electron chi connectivity index (χ1n) is 6.70. The zero-order valence-corrected chi connectivity index (χ0v) is 13.7. The first kappa shape index (κ1) is 16.1. The van der Waals surface area contributed by atoms with Crippen LogP contribution in [0.2, 0.25) is 10.0 Å². The molecule has 2 rings (SSSR count). The van der Waals surface area contributed by atoms with Crippen molar-refractivity contribution in [1.82, 2.24) is 5.32 Å². The molecule has 3 nitrogen and oxygen atoms in total. The Morgan fingerprint density at radius 2 is 2.10 bits per heavy atom. The molecule has 1 saturated heterocycles. The highest BCUT2D eigenvalue weighted by atomic mass is 35.5. The van der Waals surface area contributed by atoms with E-state index in [0.29, 0.717) is 27.5 Å². The summed E-state index contributed by atoms with van der Waals surface area (Å²) in [5.41, 5.74) is 1.10. The third-order valence-electron chi connectivity index (χ3n) is 3.88. The number of hydrogen-bond acceptors (Lipinski definition) is 3. The highest BCUT2D eigenvalue weighted by Crippen LogP contribution is 2.30. The molecule has 1 N–H and O–H groups in total. The summed E-state index contributed by atoms with van der Waals surface area (Å²) in [4.78, 5) is 0. The van der Waals surface area contributed by atoms with E-state index in [2.05, 4.69) is 5.32 Å². The van der Waals surface area contributed by atoms with Crippen molar-refractivity contribution >= 4 is 33.0 Å². The Bertz CT molecular complexity index is 575. The summed E-state index contributed by atoms with van der Waals surface area (Å²) in [6.45, 7) is 0.806. The lowest BCUT2D eigenvalue weighted by Crippen LogP contribution is -2.28. The van der Waals surface area contributed by atoms with E-state index < -0.39 is 9.84 Å². The third kappa shape index (κ3) is 4.10. The lowest BCUT2D eigenvalue weighted by atomic mass is 9.86. The maximum Gasteiger partial charge on any atom is 0.150 e. The number of halogens is 2. The zero-order valence-electron chi connectivity index (χ0n) is 11.4. The van der Waals surface area contributed by atoms with Crippen molar-refractivity contribution in [2.24, 2.45) is 11.8 Å². The molecule has 0 saturated carbocycles. The molecular formula is C14H19Cl2NO2S. The van der Waals surface area contributed by atoms with Crippen LogP contribution in [0.1, 0.15) is 12.0 Å². The maximum absolute atomic E-state index is 11.6. The second-order valence-corrected chi connectivity index (χ2v) is 8.48. The first-order valence-corrected chi connectivity index (χ1v) is 9.28. The average molecular weight is 336 g/mol. The average Bonchev–Trinajstić information content (AvgIpc) is 2.74. The minimum absolute atomic E-state index is 0.224. The molecule has 0 radical (unpaired) electrons. The molecule has 0 spiro atoms. The van der Waals surface area contributed by atoms with Crippen molar-refractivity contribution in [3.8, 4) is 0 Å². The molecule has 0 amide bonds. The van der Waals surface area contributed by atoms with Crippen molar-refractivity contribution in [2.45, 2.75) is 12.8 Å². The molecule has 0 aromatic heterocycles. The fraction of sp³-hybridized carbons (Fsp3) is 0.571. The van der Waals surface area contributed by atoms with Crippen molar-refractivity contribution in [1.29, 1.82) is 0 Å². The largest absolute Gasteiger partial charge is 0.319 e. The Morgan fingerprint density at radius 1 is 1.35 bits per heavy atom. The SMILES string of the molecule is CNCC(Cc1ccc(Cl)c(Cl)c1)C1CCS(=O)(=O)C1. The fourth-order valence-electron chi connectivity index (χ4n) is 2.83. The van der Waals surface area contributed by atoms with E-state index in [1.54, 1.807) is 6.07 Å². The second kappa shape index (κ2) is 6.65. The van der Waals surface area contributed by atoms with Gasteiger partial charge in [-0.3, -0.25) is 0 Å². The van der Waals surface area contributed by atoms with E-state index in [9.17, 15) is 8.42 Å². The molecule has 6 heteroatoms. The summed E-state index contributed by atoms with van der Waals surface area (Å²) < 4.78 is 23.3. The molecule has 0 bridgehead atoms. The number of rotatable bonds is 5. The van der Waals surface area contributed by atoms with Gasteiger partial charge in [-0.2, -0.15) is 0 Å². The Kier molecular flexibility index (Phi) is 5.35. The molecule has 0 aliphatic carbocycles. The predicted molar refractivity (Wildman–Crippen MR) is 84.3 cm³/mol. The quantitative estimate of drug-likeness (QED) is 0.899. The van der Waals surface area contributed by atoms with Crippen molar-refractivity contribution in [3.63, 3.8) is 0 Å². The van der Waals surface area contributed by atoms with Crippen LogP contribution in [-0.4, -0.2) is 33.5 Å². The zero-order chi connectivity index (χ0) is 14.8. The van der Waals surface area contributed by atoms with Crippen molar-refractivity contribution in [2.75, 3.05) is 25.1 Å². The summed E-state index contributed by atoms with van der Waals surface area (Å²) in [7, 11) is -0.947. The van der Waals surface area contributed by atoms with Gasteiger partial charge in [0.25, 0.3) is 0 Å². The highest BCUT2D eigenvalue weighted by Gasteiger charge is 2.33. The van der Waals surface area contributed by atoms with E-state index in [1.165, 1.54) is 0 Å². The number of nitrogens with one attached hydrogen (secondary N) is 1. The Labute approximate surface area is 130 Å². The van der Waals surface area contributed by atoms with E-state index in [1.807, 2.05) is 19.2 Å². The van der Waals surface area contributed by atoms with Gasteiger partial charge in [-0.15, -0.1) is 0 Å². The standard InChI is InChI=1S/C14H19Cl2NO2S/c1-17-8-12(11-4-5-20(18,19)9-11)6-10-2-3-13(15)14(16)7-10/h2-3,7,11-12,17H,4-6,8-9H2,1H3. The van der Waals surface area contributed by atoms with Gasteiger partial charge in [0, 0.05) is 0 Å². The normalized spacial score (nSPS) is 22.9. The molecule has 1 aliphatic heterocycles. The molecule has 2 atom stereocenters. The van der Waals surface area contributed by atoms with Crippen LogP contribution in [-0.2, 0) is 16.3 Å². The lowest BCUT2D eigenvalue weighted by molar-refractivity contribution is 0.352. The van der Waals surface area contributed by atoms with Gasteiger partial charge >= 0.3 is 0 Å². The van der Waals surface area contributed by atoms with Crippen LogP contribution in [0.25, 0.3) is 0 Å². The van der Waals surface area contributed by atoms with E-state index >= 15 is 0 Å². The van der Waals surface area contributed by atoms with Crippen molar-refractivity contribution in [3.05, 3.63) is 33.8 Å². The summed E-state index contributed by atoms with van der Waals surface area (Å²) in [5, 5.41) is 4.26. The van der Waals surface area contributed by atoms with Crippen LogP contribution in [0.15, 0.2) is 18.2 Å². The maximum atomic E-state index is 11.6. The molecule has 1 aromatic carbocycles. The minimum Gasteiger partial charge on any atom is -0.319 e. The molecule has 1 heterocycles. The first-order chi connectivity index (χ1) is 9.41.